The predicted octanol–water partition coefficient (Wildman–Crippen LogP) is 4.87. The second-order valence-corrected chi connectivity index (χ2v) is 5.26. The highest BCUT2D eigenvalue weighted by atomic mass is 14.3. The molecular formula is C15H24. The fourth-order valence-electron chi connectivity index (χ4n) is 3.08. The fourth-order valence-corrected chi connectivity index (χ4v) is 3.08. The first-order chi connectivity index (χ1) is 7.38. The van der Waals surface area contributed by atoms with Crippen molar-refractivity contribution >= 4 is 0 Å². The minimum Gasteiger partial charge on any atom is -0.0845 e. The molecule has 1 saturated carbocycles. The Balaban J connectivity index is 2.05. The van der Waals surface area contributed by atoms with Crippen molar-refractivity contribution in [2.45, 2.75) is 58.3 Å². The van der Waals surface area contributed by atoms with Crippen LogP contribution in [0.5, 0.6) is 0 Å². The molecule has 0 N–H and O–H groups in total. The average Bonchev–Trinajstić information content (AvgIpc) is 2.56. The Hall–Kier alpha value is -0.520. The molecule has 0 aromatic carbocycles. The van der Waals surface area contributed by atoms with Gasteiger partial charge in [-0.2, -0.15) is 0 Å². The van der Waals surface area contributed by atoms with E-state index in [-0.39, 0.29) is 0 Å². The van der Waals surface area contributed by atoms with Gasteiger partial charge in [0, 0.05) is 0 Å². The summed E-state index contributed by atoms with van der Waals surface area (Å²) in [5.74, 6) is 1.77. The normalized spacial score (nSPS) is 38.6. The molecule has 2 aliphatic rings. The Morgan fingerprint density at radius 3 is 2.80 bits per heavy atom. The van der Waals surface area contributed by atoms with Gasteiger partial charge in [-0.15, -0.1) is 0 Å². The number of hydrogen-bond acceptors (Lipinski definition) is 0. The average molecular weight is 204 g/mol. The Morgan fingerprint density at radius 2 is 1.87 bits per heavy atom. The van der Waals surface area contributed by atoms with Gasteiger partial charge in [-0.25, -0.2) is 0 Å². The van der Waals surface area contributed by atoms with E-state index in [1.165, 1.54) is 51.4 Å². The summed E-state index contributed by atoms with van der Waals surface area (Å²) in [5, 5.41) is 0. The van der Waals surface area contributed by atoms with Crippen LogP contribution in [0.4, 0.5) is 0 Å². The van der Waals surface area contributed by atoms with Crippen LogP contribution in [0.1, 0.15) is 58.3 Å². The molecule has 2 atom stereocenters. The lowest BCUT2D eigenvalue weighted by Gasteiger charge is -2.13. The fraction of sp³-hybridized carbons (Fsp3) is 0.733. The summed E-state index contributed by atoms with van der Waals surface area (Å²) in [6.45, 7) is 2.40. The van der Waals surface area contributed by atoms with Crippen molar-refractivity contribution < 1.29 is 0 Å². The third-order valence-electron chi connectivity index (χ3n) is 4.09. The maximum absolute atomic E-state index is 2.42. The van der Waals surface area contributed by atoms with Crippen molar-refractivity contribution in [3.8, 4) is 0 Å². The predicted molar refractivity (Wildman–Crippen MR) is 66.8 cm³/mol. The van der Waals surface area contributed by atoms with Crippen molar-refractivity contribution in [1.29, 1.82) is 0 Å². The Morgan fingerprint density at radius 1 is 1.00 bits per heavy atom. The van der Waals surface area contributed by atoms with Crippen LogP contribution >= 0.6 is 0 Å². The topological polar surface area (TPSA) is 0 Å². The molecule has 0 heterocycles. The molecule has 0 heteroatoms. The van der Waals surface area contributed by atoms with E-state index in [9.17, 15) is 0 Å². The van der Waals surface area contributed by atoms with Gasteiger partial charge in [0.15, 0.2) is 0 Å². The molecule has 0 nitrogen and oxygen atoms in total. The van der Waals surface area contributed by atoms with Gasteiger partial charge < -0.3 is 0 Å². The molecule has 0 bridgehead atoms. The second-order valence-electron chi connectivity index (χ2n) is 5.26. The van der Waals surface area contributed by atoms with Gasteiger partial charge in [0.05, 0.1) is 0 Å². The van der Waals surface area contributed by atoms with Gasteiger partial charge in [-0.3, -0.25) is 0 Å². The van der Waals surface area contributed by atoms with Crippen molar-refractivity contribution in [2.24, 2.45) is 11.8 Å². The maximum Gasteiger partial charge on any atom is -0.0197 e. The van der Waals surface area contributed by atoms with Crippen LogP contribution in [0.15, 0.2) is 23.8 Å². The van der Waals surface area contributed by atoms with Gasteiger partial charge in [-0.1, -0.05) is 50.0 Å². The summed E-state index contributed by atoms with van der Waals surface area (Å²) in [6, 6.07) is 0. The van der Waals surface area contributed by atoms with Gasteiger partial charge >= 0.3 is 0 Å². The van der Waals surface area contributed by atoms with E-state index in [0.717, 1.165) is 11.8 Å². The SMILES string of the molecule is CC1CCC2CCCCCC/C=C\C=C\12. The van der Waals surface area contributed by atoms with Crippen LogP contribution in [0, 0.1) is 11.8 Å². The molecule has 84 valence electrons. The Kier molecular flexibility index (Phi) is 4.05. The zero-order valence-electron chi connectivity index (χ0n) is 10.0. The third kappa shape index (κ3) is 2.96. The van der Waals surface area contributed by atoms with Gasteiger partial charge in [-0.05, 0) is 43.9 Å². The summed E-state index contributed by atoms with van der Waals surface area (Å²) in [4.78, 5) is 0. The van der Waals surface area contributed by atoms with Crippen molar-refractivity contribution in [2.75, 3.05) is 0 Å². The van der Waals surface area contributed by atoms with Crippen molar-refractivity contribution in [3.63, 3.8) is 0 Å². The van der Waals surface area contributed by atoms with Crippen LogP contribution in [0.3, 0.4) is 0 Å². The highest BCUT2D eigenvalue weighted by Gasteiger charge is 2.25. The van der Waals surface area contributed by atoms with E-state index in [1.807, 2.05) is 0 Å². The summed E-state index contributed by atoms with van der Waals surface area (Å²) < 4.78 is 0. The molecule has 0 radical (unpaired) electrons. The van der Waals surface area contributed by atoms with Gasteiger partial charge in [0.2, 0.25) is 0 Å². The largest absolute Gasteiger partial charge is 0.0845 e. The molecular weight excluding hydrogens is 180 g/mol. The van der Waals surface area contributed by atoms with Gasteiger partial charge in [0.1, 0.15) is 0 Å². The number of rotatable bonds is 0. The molecule has 2 rings (SSSR count). The molecule has 0 aromatic heterocycles. The summed E-state index contributed by atoms with van der Waals surface area (Å²) in [7, 11) is 0. The zero-order valence-corrected chi connectivity index (χ0v) is 10.0. The Bertz CT molecular complexity index is 247. The van der Waals surface area contributed by atoms with Crippen LogP contribution in [0.25, 0.3) is 0 Å². The molecule has 0 amide bonds. The van der Waals surface area contributed by atoms with E-state index in [2.05, 4.69) is 25.2 Å². The monoisotopic (exact) mass is 204 g/mol. The van der Waals surface area contributed by atoms with E-state index < -0.39 is 0 Å². The minimum atomic E-state index is 0.848. The van der Waals surface area contributed by atoms with Crippen LogP contribution < -0.4 is 0 Å². The van der Waals surface area contributed by atoms with Gasteiger partial charge in [0.25, 0.3) is 0 Å². The van der Waals surface area contributed by atoms with Crippen LogP contribution in [-0.2, 0) is 0 Å². The summed E-state index contributed by atoms with van der Waals surface area (Å²) >= 11 is 0. The number of allylic oxidation sites excluding steroid dienone is 4. The minimum absolute atomic E-state index is 0.848. The van der Waals surface area contributed by atoms with E-state index >= 15 is 0 Å². The number of fused-ring (bicyclic) bond motifs is 1. The quantitative estimate of drug-likeness (QED) is 0.528. The molecule has 0 saturated heterocycles. The molecule has 0 aromatic rings. The summed E-state index contributed by atoms with van der Waals surface area (Å²) in [5.41, 5.74) is 1.74. The molecule has 15 heavy (non-hydrogen) atoms. The Labute approximate surface area is 94.5 Å². The lowest BCUT2D eigenvalue weighted by molar-refractivity contribution is 0.516. The zero-order chi connectivity index (χ0) is 10.5. The molecule has 0 aliphatic heterocycles. The maximum atomic E-state index is 2.42. The molecule has 2 aliphatic carbocycles. The number of hydrogen-bond donors (Lipinski definition) is 0. The van der Waals surface area contributed by atoms with Crippen molar-refractivity contribution in [3.05, 3.63) is 23.8 Å². The van der Waals surface area contributed by atoms with E-state index in [4.69, 9.17) is 0 Å². The first-order valence-electron chi connectivity index (χ1n) is 6.74. The lowest BCUT2D eigenvalue weighted by atomic mass is 9.92. The molecule has 0 spiro atoms. The third-order valence-corrected chi connectivity index (χ3v) is 4.09. The first-order valence-corrected chi connectivity index (χ1v) is 6.74. The molecule has 2 unspecified atom stereocenters. The van der Waals surface area contributed by atoms with E-state index in [1.54, 1.807) is 5.57 Å². The first kappa shape index (κ1) is 11.0. The molecule has 1 fully saturated rings. The standard InChI is InChI=1S/C15H24/c1-13-11-12-14-9-7-5-3-2-4-6-8-10-15(13)14/h6,8,10,13-14H,2-5,7,9,11-12H2,1H3/b8-6-,15-10-. The highest BCUT2D eigenvalue weighted by molar-refractivity contribution is 5.21. The lowest BCUT2D eigenvalue weighted by Crippen LogP contribution is -2.00. The van der Waals surface area contributed by atoms with Crippen LogP contribution in [0.2, 0.25) is 0 Å². The van der Waals surface area contributed by atoms with Crippen molar-refractivity contribution in [1.82, 2.24) is 0 Å². The second kappa shape index (κ2) is 5.53. The van der Waals surface area contributed by atoms with Crippen LogP contribution in [-0.4, -0.2) is 0 Å². The summed E-state index contributed by atoms with van der Waals surface area (Å²) in [6.07, 6.45) is 18.4. The smallest absolute Gasteiger partial charge is 0.0197 e. The highest BCUT2D eigenvalue weighted by Crippen LogP contribution is 2.39. The van der Waals surface area contributed by atoms with E-state index in [0.29, 0.717) is 0 Å².